The molecule has 1 aliphatic rings. The van der Waals surface area contributed by atoms with Crippen LogP contribution >= 0.6 is 0 Å². The maximum Gasteiger partial charge on any atom is 0.319 e. The molecule has 1 fully saturated rings. The third-order valence-electron chi connectivity index (χ3n) is 4.11. The molecule has 0 aliphatic carbocycles. The maximum atomic E-state index is 14.2. The van der Waals surface area contributed by atoms with Crippen molar-refractivity contribution >= 4 is 17.6 Å². The summed E-state index contributed by atoms with van der Waals surface area (Å²) in [5.74, 6) is -1.72. The van der Waals surface area contributed by atoms with E-state index in [9.17, 15) is 14.0 Å². The van der Waals surface area contributed by atoms with Gasteiger partial charge in [-0.25, -0.2) is 9.18 Å². The van der Waals surface area contributed by atoms with Crippen LogP contribution in [0.15, 0.2) is 60.8 Å². The summed E-state index contributed by atoms with van der Waals surface area (Å²) in [5.41, 5.74) is 2.15. The summed E-state index contributed by atoms with van der Waals surface area (Å²) < 4.78 is 14.2. The second kappa shape index (κ2) is 6.76. The molecule has 128 valence electrons. The summed E-state index contributed by atoms with van der Waals surface area (Å²) >= 11 is 0. The van der Waals surface area contributed by atoms with E-state index in [0.29, 0.717) is 5.69 Å². The number of amides is 3. The number of aryl methyl sites for hydroxylation is 1. The monoisotopic (exact) mass is 339 g/mol. The van der Waals surface area contributed by atoms with Crippen molar-refractivity contribution in [3.05, 3.63) is 77.8 Å². The third kappa shape index (κ3) is 3.52. The number of anilines is 1. The van der Waals surface area contributed by atoms with Gasteiger partial charge in [-0.1, -0.05) is 42.5 Å². The molecule has 0 aromatic heterocycles. The molecular weight excluding hydrogens is 321 g/mol. The molecule has 3 rings (SSSR count). The van der Waals surface area contributed by atoms with Crippen LogP contribution in [0.25, 0.3) is 0 Å². The van der Waals surface area contributed by atoms with Crippen molar-refractivity contribution in [3.63, 3.8) is 0 Å². The Hall–Kier alpha value is -3.15. The summed E-state index contributed by atoms with van der Waals surface area (Å²) in [6.07, 6.45) is 0. The molecule has 0 saturated carbocycles. The average Bonchev–Trinajstić information content (AvgIpc) is 2.56. The molecule has 2 aromatic rings. The number of nitrogens with one attached hydrogen (secondary N) is 3. The van der Waals surface area contributed by atoms with Crippen LogP contribution in [0.3, 0.4) is 0 Å². The van der Waals surface area contributed by atoms with Gasteiger partial charge in [0.05, 0.1) is 6.04 Å². The van der Waals surface area contributed by atoms with Gasteiger partial charge in [0.2, 0.25) is 5.91 Å². The molecule has 2 unspecified atom stereocenters. The van der Waals surface area contributed by atoms with E-state index in [0.717, 1.165) is 5.56 Å². The lowest BCUT2D eigenvalue weighted by molar-refractivity contribution is -0.119. The molecule has 6 heteroatoms. The quantitative estimate of drug-likeness (QED) is 0.803. The van der Waals surface area contributed by atoms with Crippen molar-refractivity contribution in [1.82, 2.24) is 10.6 Å². The third-order valence-corrected chi connectivity index (χ3v) is 4.11. The van der Waals surface area contributed by atoms with Crippen molar-refractivity contribution in [2.75, 3.05) is 5.32 Å². The molecular formula is C19H18FN3O2. The first-order chi connectivity index (χ1) is 12.0. The predicted molar refractivity (Wildman–Crippen MR) is 93.2 cm³/mol. The van der Waals surface area contributed by atoms with E-state index in [1.54, 1.807) is 30.3 Å². The van der Waals surface area contributed by atoms with E-state index in [4.69, 9.17) is 0 Å². The molecule has 3 N–H and O–H groups in total. The van der Waals surface area contributed by atoms with Gasteiger partial charge in [0.1, 0.15) is 11.7 Å². The Morgan fingerprint density at radius 1 is 1.16 bits per heavy atom. The number of halogens is 1. The van der Waals surface area contributed by atoms with Crippen molar-refractivity contribution in [2.24, 2.45) is 5.92 Å². The van der Waals surface area contributed by atoms with Crippen LogP contribution in [0.4, 0.5) is 14.9 Å². The molecule has 0 spiro atoms. The molecule has 1 heterocycles. The van der Waals surface area contributed by atoms with Crippen molar-refractivity contribution in [3.8, 4) is 0 Å². The largest absolute Gasteiger partial charge is 0.330 e. The molecule has 0 bridgehead atoms. The fraction of sp³-hybridized carbons (Fsp3) is 0.158. The van der Waals surface area contributed by atoms with Crippen molar-refractivity contribution < 1.29 is 14.0 Å². The number of benzene rings is 2. The lowest BCUT2D eigenvalue weighted by Crippen LogP contribution is -2.52. The summed E-state index contributed by atoms with van der Waals surface area (Å²) in [6.45, 7) is 5.72. The molecule has 25 heavy (non-hydrogen) atoms. The topological polar surface area (TPSA) is 70.2 Å². The Labute approximate surface area is 144 Å². The van der Waals surface area contributed by atoms with Crippen LogP contribution in [-0.2, 0) is 4.79 Å². The van der Waals surface area contributed by atoms with E-state index >= 15 is 0 Å². The highest BCUT2D eigenvalue weighted by molar-refractivity contribution is 5.97. The van der Waals surface area contributed by atoms with Gasteiger partial charge in [-0.05, 0) is 25.1 Å². The van der Waals surface area contributed by atoms with Crippen LogP contribution in [-0.4, -0.2) is 11.9 Å². The fourth-order valence-corrected chi connectivity index (χ4v) is 2.84. The SMILES string of the molecule is C=C1NC(=O)NC(c2ccccc2F)C1C(=O)Nc1ccc(C)cc1. The highest BCUT2D eigenvalue weighted by atomic mass is 19.1. The summed E-state index contributed by atoms with van der Waals surface area (Å²) in [4.78, 5) is 24.6. The van der Waals surface area contributed by atoms with Crippen LogP contribution in [0, 0.1) is 18.7 Å². The smallest absolute Gasteiger partial charge is 0.319 e. The second-order valence-electron chi connectivity index (χ2n) is 5.96. The number of rotatable bonds is 3. The standard InChI is InChI=1S/C19H18FN3O2/c1-11-7-9-13(10-8-11)22-18(24)16-12(2)21-19(25)23-17(16)14-5-3-4-6-15(14)20/h3-10,16-17H,2H2,1H3,(H,22,24)(H2,21,23,25). The summed E-state index contributed by atoms with van der Waals surface area (Å²) in [5, 5.41) is 7.90. The molecule has 3 amide bonds. The lowest BCUT2D eigenvalue weighted by atomic mass is 9.88. The molecule has 1 saturated heterocycles. The van der Waals surface area contributed by atoms with Gasteiger partial charge in [0, 0.05) is 16.9 Å². The van der Waals surface area contributed by atoms with E-state index in [1.807, 2.05) is 19.1 Å². The van der Waals surface area contributed by atoms with E-state index in [1.165, 1.54) is 6.07 Å². The minimum Gasteiger partial charge on any atom is -0.330 e. The maximum absolute atomic E-state index is 14.2. The summed E-state index contributed by atoms with van der Waals surface area (Å²) in [6, 6.07) is 12.0. The van der Waals surface area contributed by atoms with E-state index < -0.39 is 23.8 Å². The zero-order chi connectivity index (χ0) is 18.0. The lowest BCUT2D eigenvalue weighted by Gasteiger charge is -2.34. The Balaban J connectivity index is 1.91. The van der Waals surface area contributed by atoms with Gasteiger partial charge < -0.3 is 16.0 Å². The molecule has 5 nitrogen and oxygen atoms in total. The minimum atomic E-state index is -0.851. The van der Waals surface area contributed by atoms with Crippen LogP contribution in [0.1, 0.15) is 17.2 Å². The highest BCUT2D eigenvalue weighted by Crippen LogP contribution is 2.31. The Morgan fingerprint density at radius 3 is 2.52 bits per heavy atom. The molecule has 1 aliphatic heterocycles. The minimum absolute atomic E-state index is 0.224. The normalized spacial score (nSPS) is 19.8. The van der Waals surface area contributed by atoms with Gasteiger partial charge in [-0.15, -0.1) is 0 Å². The Bertz CT molecular complexity index is 833. The zero-order valence-electron chi connectivity index (χ0n) is 13.7. The number of hydrogen-bond acceptors (Lipinski definition) is 2. The van der Waals surface area contributed by atoms with Crippen molar-refractivity contribution in [2.45, 2.75) is 13.0 Å². The first-order valence-electron chi connectivity index (χ1n) is 7.84. The first kappa shape index (κ1) is 16.7. The fourth-order valence-electron chi connectivity index (χ4n) is 2.84. The van der Waals surface area contributed by atoms with Crippen LogP contribution in [0.5, 0.6) is 0 Å². The molecule has 2 atom stereocenters. The predicted octanol–water partition coefficient (Wildman–Crippen LogP) is 3.26. The highest BCUT2D eigenvalue weighted by Gasteiger charge is 2.38. The van der Waals surface area contributed by atoms with E-state index in [2.05, 4.69) is 22.5 Å². The average molecular weight is 339 g/mol. The van der Waals surface area contributed by atoms with Gasteiger partial charge >= 0.3 is 6.03 Å². The van der Waals surface area contributed by atoms with Crippen molar-refractivity contribution in [1.29, 1.82) is 0 Å². The first-order valence-corrected chi connectivity index (χ1v) is 7.84. The van der Waals surface area contributed by atoms with Crippen LogP contribution < -0.4 is 16.0 Å². The number of carbonyl (C=O) groups excluding carboxylic acids is 2. The van der Waals surface area contributed by atoms with Gasteiger partial charge in [-0.3, -0.25) is 4.79 Å². The Morgan fingerprint density at radius 2 is 1.84 bits per heavy atom. The van der Waals surface area contributed by atoms with Gasteiger partial charge in [0.25, 0.3) is 0 Å². The number of hydrogen-bond donors (Lipinski definition) is 3. The van der Waals surface area contributed by atoms with Crippen LogP contribution in [0.2, 0.25) is 0 Å². The molecule has 2 aromatic carbocycles. The summed E-state index contributed by atoms with van der Waals surface area (Å²) in [7, 11) is 0. The second-order valence-corrected chi connectivity index (χ2v) is 5.96. The number of carbonyl (C=O) groups is 2. The zero-order valence-corrected chi connectivity index (χ0v) is 13.7. The number of urea groups is 1. The van der Waals surface area contributed by atoms with E-state index in [-0.39, 0.29) is 17.2 Å². The van der Waals surface area contributed by atoms with Gasteiger partial charge in [0.15, 0.2) is 0 Å². The molecule has 0 radical (unpaired) electrons. The van der Waals surface area contributed by atoms with Gasteiger partial charge in [-0.2, -0.15) is 0 Å². The Kier molecular flexibility index (Phi) is 4.52.